The van der Waals surface area contributed by atoms with Crippen molar-refractivity contribution in [1.82, 2.24) is 10.3 Å². The van der Waals surface area contributed by atoms with E-state index in [4.69, 9.17) is 10.6 Å². The predicted octanol–water partition coefficient (Wildman–Crippen LogP) is 1.54. The van der Waals surface area contributed by atoms with Crippen LogP contribution in [0, 0.1) is 0 Å². The number of benzene rings is 1. The van der Waals surface area contributed by atoms with Gasteiger partial charge in [-0.1, -0.05) is 12.1 Å². The fraction of sp³-hybridized carbons (Fsp3) is 0.538. The molecule has 1 aromatic rings. The van der Waals surface area contributed by atoms with Gasteiger partial charge in [0.05, 0.1) is 24.3 Å². The first-order valence-electron chi connectivity index (χ1n) is 6.35. The largest absolute Gasteiger partial charge is 0.416 e. The van der Waals surface area contributed by atoms with Gasteiger partial charge in [0, 0.05) is 13.1 Å². The lowest BCUT2D eigenvalue weighted by atomic mass is 9.98. The molecular weight excluding hydrogens is 271 g/mol. The number of hydrazine groups is 1. The van der Waals surface area contributed by atoms with Crippen LogP contribution in [0.3, 0.4) is 0 Å². The summed E-state index contributed by atoms with van der Waals surface area (Å²) in [6.07, 6.45) is -4.64. The molecule has 1 aromatic carbocycles. The number of halogens is 3. The lowest BCUT2D eigenvalue weighted by molar-refractivity contribution is -0.137. The molecule has 1 fully saturated rings. The molecule has 7 heteroatoms. The average Bonchev–Trinajstić information content (AvgIpc) is 2.39. The van der Waals surface area contributed by atoms with Crippen LogP contribution in [0.25, 0.3) is 0 Å². The molecular formula is C13H18F3N3O. The average molecular weight is 289 g/mol. The molecule has 0 saturated carbocycles. The molecule has 1 aliphatic heterocycles. The van der Waals surface area contributed by atoms with E-state index in [-0.39, 0.29) is 6.10 Å². The first-order valence-corrected chi connectivity index (χ1v) is 6.35. The van der Waals surface area contributed by atoms with E-state index in [1.54, 1.807) is 6.07 Å². The Bertz CT molecular complexity index is 453. The summed E-state index contributed by atoms with van der Waals surface area (Å²) < 4.78 is 43.9. The summed E-state index contributed by atoms with van der Waals surface area (Å²) >= 11 is 0. The molecule has 1 aliphatic rings. The standard InChI is InChI=1S/C13H18F3N3O/c1-19-5-6-20-11(8-19)12(18-17)9-3-2-4-10(7-9)13(14,15)16/h2-4,7,11-12,18H,5-6,8,17H2,1H3. The third kappa shape index (κ3) is 3.49. The highest BCUT2D eigenvalue weighted by Crippen LogP contribution is 2.31. The van der Waals surface area contributed by atoms with Crippen LogP contribution in [0.15, 0.2) is 24.3 Å². The summed E-state index contributed by atoms with van der Waals surface area (Å²) in [6.45, 7) is 1.96. The van der Waals surface area contributed by atoms with Crippen LogP contribution in [-0.2, 0) is 10.9 Å². The van der Waals surface area contributed by atoms with E-state index in [1.165, 1.54) is 6.07 Å². The van der Waals surface area contributed by atoms with Crippen LogP contribution < -0.4 is 11.3 Å². The summed E-state index contributed by atoms with van der Waals surface area (Å²) in [5.74, 6) is 5.51. The van der Waals surface area contributed by atoms with Gasteiger partial charge in [-0.3, -0.25) is 11.3 Å². The van der Waals surface area contributed by atoms with Gasteiger partial charge in [0.15, 0.2) is 0 Å². The van der Waals surface area contributed by atoms with E-state index < -0.39 is 17.8 Å². The van der Waals surface area contributed by atoms with Crippen molar-refractivity contribution in [2.75, 3.05) is 26.7 Å². The SMILES string of the molecule is CN1CCOC(C(NN)c2cccc(C(F)(F)F)c2)C1. The fourth-order valence-corrected chi connectivity index (χ4v) is 2.34. The molecule has 112 valence electrons. The molecule has 2 unspecified atom stereocenters. The summed E-state index contributed by atoms with van der Waals surface area (Å²) in [7, 11) is 1.94. The van der Waals surface area contributed by atoms with E-state index in [0.717, 1.165) is 18.7 Å². The Morgan fingerprint density at radius 2 is 2.20 bits per heavy atom. The van der Waals surface area contributed by atoms with Gasteiger partial charge >= 0.3 is 6.18 Å². The number of hydrogen-bond acceptors (Lipinski definition) is 4. The normalized spacial score (nSPS) is 22.8. The van der Waals surface area contributed by atoms with Crippen LogP contribution >= 0.6 is 0 Å². The highest BCUT2D eigenvalue weighted by molar-refractivity contribution is 5.28. The van der Waals surface area contributed by atoms with E-state index in [1.807, 2.05) is 7.05 Å². The maximum atomic E-state index is 12.7. The van der Waals surface area contributed by atoms with Gasteiger partial charge in [0.2, 0.25) is 0 Å². The third-order valence-electron chi connectivity index (χ3n) is 3.42. The molecule has 0 aliphatic carbocycles. The molecule has 2 rings (SSSR count). The maximum absolute atomic E-state index is 12.7. The highest BCUT2D eigenvalue weighted by Gasteiger charge is 2.33. The van der Waals surface area contributed by atoms with Gasteiger partial charge in [-0.2, -0.15) is 13.2 Å². The number of likely N-dealkylation sites (N-methyl/N-ethyl adjacent to an activating group) is 1. The molecule has 20 heavy (non-hydrogen) atoms. The molecule has 3 N–H and O–H groups in total. The zero-order valence-corrected chi connectivity index (χ0v) is 11.2. The van der Waals surface area contributed by atoms with Crippen molar-refractivity contribution in [3.63, 3.8) is 0 Å². The van der Waals surface area contributed by atoms with Gasteiger partial charge in [0.1, 0.15) is 0 Å². The third-order valence-corrected chi connectivity index (χ3v) is 3.42. The van der Waals surface area contributed by atoms with E-state index in [9.17, 15) is 13.2 Å². The molecule has 0 spiro atoms. The minimum Gasteiger partial charge on any atom is -0.374 e. The summed E-state index contributed by atoms with van der Waals surface area (Å²) in [5, 5.41) is 0. The zero-order chi connectivity index (χ0) is 14.8. The summed E-state index contributed by atoms with van der Waals surface area (Å²) in [4.78, 5) is 2.06. The van der Waals surface area contributed by atoms with E-state index in [2.05, 4.69) is 10.3 Å². The van der Waals surface area contributed by atoms with E-state index in [0.29, 0.717) is 18.7 Å². The quantitative estimate of drug-likeness (QED) is 0.654. The predicted molar refractivity (Wildman–Crippen MR) is 68.7 cm³/mol. The summed E-state index contributed by atoms with van der Waals surface area (Å²) in [6, 6.07) is 4.69. The fourth-order valence-electron chi connectivity index (χ4n) is 2.34. The van der Waals surface area contributed by atoms with Crippen molar-refractivity contribution in [2.45, 2.75) is 18.3 Å². The van der Waals surface area contributed by atoms with Crippen molar-refractivity contribution in [3.8, 4) is 0 Å². The number of alkyl halides is 3. The molecule has 0 bridgehead atoms. The number of ether oxygens (including phenoxy) is 1. The Labute approximate surface area is 115 Å². The van der Waals surface area contributed by atoms with Crippen LogP contribution in [0.5, 0.6) is 0 Å². The Hall–Kier alpha value is -1.15. The Morgan fingerprint density at radius 3 is 2.80 bits per heavy atom. The van der Waals surface area contributed by atoms with Crippen LogP contribution in [0.4, 0.5) is 13.2 Å². The second-order valence-corrected chi connectivity index (χ2v) is 4.94. The van der Waals surface area contributed by atoms with Crippen molar-refractivity contribution in [1.29, 1.82) is 0 Å². The smallest absolute Gasteiger partial charge is 0.374 e. The number of hydrogen-bond donors (Lipinski definition) is 2. The maximum Gasteiger partial charge on any atom is 0.416 e. The van der Waals surface area contributed by atoms with Gasteiger partial charge in [-0.25, -0.2) is 0 Å². The lowest BCUT2D eigenvalue weighted by Gasteiger charge is -2.35. The minimum absolute atomic E-state index is 0.276. The van der Waals surface area contributed by atoms with Crippen LogP contribution in [-0.4, -0.2) is 37.7 Å². The second-order valence-electron chi connectivity index (χ2n) is 4.94. The Balaban J connectivity index is 2.23. The van der Waals surface area contributed by atoms with E-state index >= 15 is 0 Å². The van der Waals surface area contributed by atoms with Crippen LogP contribution in [0.2, 0.25) is 0 Å². The van der Waals surface area contributed by atoms with Crippen molar-refractivity contribution in [3.05, 3.63) is 35.4 Å². The number of rotatable bonds is 3. The minimum atomic E-state index is -4.36. The summed E-state index contributed by atoms with van der Waals surface area (Å²) in [5.41, 5.74) is 2.36. The van der Waals surface area contributed by atoms with Crippen molar-refractivity contribution >= 4 is 0 Å². The Morgan fingerprint density at radius 1 is 1.45 bits per heavy atom. The molecule has 0 aromatic heterocycles. The van der Waals surface area contributed by atoms with Gasteiger partial charge in [-0.15, -0.1) is 0 Å². The topological polar surface area (TPSA) is 50.5 Å². The highest BCUT2D eigenvalue weighted by atomic mass is 19.4. The number of nitrogens with two attached hydrogens (primary N) is 1. The molecule has 2 atom stereocenters. The first kappa shape index (κ1) is 15.2. The first-order chi connectivity index (χ1) is 9.41. The molecule has 0 radical (unpaired) electrons. The van der Waals surface area contributed by atoms with Gasteiger partial charge in [-0.05, 0) is 24.7 Å². The molecule has 4 nitrogen and oxygen atoms in total. The van der Waals surface area contributed by atoms with Gasteiger partial charge in [0.25, 0.3) is 0 Å². The number of morpholine rings is 1. The Kier molecular flexibility index (Phi) is 4.64. The molecule has 1 saturated heterocycles. The second kappa shape index (κ2) is 6.09. The van der Waals surface area contributed by atoms with Gasteiger partial charge < -0.3 is 9.64 Å². The van der Waals surface area contributed by atoms with Crippen LogP contribution in [0.1, 0.15) is 17.2 Å². The molecule has 0 amide bonds. The van der Waals surface area contributed by atoms with Crippen molar-refractivity contribution in [2.24, 2.45) is 5.84 Å². The zero-order valence-electron chi connectivity index (χ0n) is 11.2. The molecule has 1 heterocycles. The lowest BCUT2D eigenvalue weighted by Crippen LogP contribution is -2.48. The number of nitrogens with one attached hydrogen (secondary N) is 1. The number of nitrogens with zero attached hydrogens (tertiary/aromatic N) is 1. The monoisotopic (exact) mass is 289 g/mol. The van der Waals surface area contributed by atoms with Crippen molar-refractivity contribution < 1.29 is 17.9 Å².